The molecule has 2 aromatic carbocycles. The number of fused-ring (bicyclic) bond motifs is 2. The lowest BCUT2D eigenvalue weighted by atomic mass is 10.2. The average Bonchev–Trinajstić information content (AvgIpc) is 3.75. The Morgan fingerprint density at radius 3 is 2.34 bits per heavy atom. The quantitative estimate of drug-likeness (QED) is 0.303. The van der Waals surface area contributed by atoms with Crippen LogP contribution in [0.2, 0.25) is 0 Å². The molecule has 10 heteroatoms. The smallest absolute Gasteiger partial charge is 0.269 e. The Hall–Kier alpha value is -4.60. The maximum absolute atomic E-state index is 11.4. The highest BCUT2D eigenvalue weighted by atomic mass is 16.1. The maximum atomic E-state index is 11.4. The number of amides is 1. The Morgan fingerprint density at radius 1 is 0.921 bits per heavy atom. The summed E-state index contributed by atoms with van der Waals surface area (Å²) in [4.78, 5) is 11.4. The van der Waals surface area contributed by atoms with Crippen LogP contribution in [0.5, 0.6) is 0 Å². The molecule has 0 radical (unpaired) electrons. The second-order valence-electron chi connectivity index (χ2n) is 9.71. The lowest BCUT2D eigenvalue weighted by Crippen LogP contribution is -2.39. The summed E-state index contributed by atoms with van der Waals surface area (Å²) in [6, 6.07) is 20.6. The van der Waals surface area contributed by atoms with E-state index in [2.05, 4.69) is 71.9 Å². The zero-order valence-electron chi connectivity index (χ0n) is 21.1. The highest BCUT2D eigenvalue weighted by molar-refractivity contribution is 5.92. The number of hydrogen-bond acceptors (Lipinski definition) is 5. The molecular formula is C28H30N9O+. The molecule has 1 amide bonds. The molecule has 4 N–H and O–H groups in total. The number of nitrogens with two attached hydrogens (primary N) is 1. The van der Waals surface area contributed by atoms with E-state index in [0.29, 0.717) is 18.1 Å². The van der Waals surface area contributed by atoms with Gasteiger partial charge in [-0.2, -0.15) is 15.4 Å². The van der Waals surface area contributed by atoms with E-state index in [-0.39, 0.29) is 0 Å². The SMILES string of the molecule is NC(=O)c1nn(Cc2ccccc2)c2c1CCC2.c1ccc(C[n+]2[nH]c(-c3nn[nH]n3)c3c2CCC3)cc1. The number of rotatable bonds is 6. The van der Waals surface area contributed by atoms with Gasteiger partial charge in [-0.3, -0.25) is 9.48 Å². The predicted octanol–water partition coefficient (Wildman–Crippen LogP) is 2.54. The fourth-order valence-corrected chi connectivity index (χ4v) is 5.51. The van der Waals surface area contributed by atoms with E-state index < -0.39 is 5.91 Å². The number of nitrogens with zero attached hydrogens (tertiary/aromatic N) is 6. The normalized spacial score (nSPS) is 13.6. The van der Waals surface area contributed by atoms with Crippen molar-refractivity contribution < 1.29 is 9.48 Å². The molecular weight excluding hydrogens is 478 g/mol. The molecule has 0 spiro atoms. The minimum absolute atomic E-state index is 0.417. The highest BCUT2D eigenvalue weighted by Gasteiger charge is 2.31. The maximum Gasteiger partial charge on any atom is 0.269 e. The first-order valence-corrected chi connectivity index (χ1v) is 13.0. The van der Waals surface area contributed by atoms with Crippen molar-refractivity contribution in [2.45, 2.75) is 51.6 Å². The molecule has 0 aliphatic heterocycles. The minimum atomic E-state index is -0.417. The molecule has 38 heavy (non-hydrogen) atoms. The number of carbonyl (C=O) groups is 1. The number of carbonyl (C=O) groups excluding carboxylic acids is 1. The topological polar surface area (TPSA) is 135 Å². The average molecular weight is 509 g/mol. The van der Waals surface area contributed by atoms with Gasteiger partial charge in [0.05, 0.1) is 12.1 Å². The van der Waals surface area contributed by atoms with Gasteiger partial charge in [0.25, 0.3) is 5.91 Å². The van der Waals surface area contributed by atoms with Gasteiger partial charge in [-0.05, 0) is 42.9 Å². The van der Waals surface area contributed by atoms with Crippen LogP contribution < -0.4 is 10.4 Å². The summed E-state index contributed by atoms with van der Waals surface area (Å²) in [5.41, 5.74) is 14.2. The van der Waals surface area contributed by atoms with Crippen molar-refractivity contribution in [3.05, 3.63) is 100.0 Å². The third-order valence-corrected chi connectivity index (χ3v) is 7.23. The zero-order chi connectivity index (χ0) is 25.9. The van der Waals surface area contributed by atoms with Crippen molar-refractivity contribution >= 4 is 5.91 Å². The standard InChI is InChI=1S/C14H14N6.C14H15N3O/c1-2-5-10(6-3-1)9-20-12-8-4-7-11(12)13(17-20)14-15-18-19-16-14;15-14(18)13-11-7-4-8-12(11)17(16-13)9-10-5-2-1-3-6-10/h1-3,5-6H,4,7-9H2,(H,15,16,17,18,19);1-3,5-6H,4,7-9H2,(H2,15,18)/p+1. The van der Waals surface area contributed by atoms with Gasteiger partial charge in [0, 0.05) is 23.2 Å². The molecule has 3 aromatic heterocycles. The van der Waals surface area contributed by atoms with E-state index in [0.717, 1.165) is 49.9 Å². The summed E-state index contributed by atoms with van der Waals surface area (Å²) < 4.78 is 4.14. The molecule has 2 aliphatic carbocycles. The van der Waals surface area contributed by atoms with Crippen LogP contribution in [-0.2, 0) is 38.8 Å². The Kier molecular flexibility index (Phi) is 6.51. The fraction of sp³-hybridized carbons (Fsp3) is 0.286. The largest absolute Gasteiger partial charge is 0.364 e. The first-order chi connectivity index (χ1) is 18.7. The lowest BCUT2D eigenvalue weighted by Gasteiger charge is -2.05. The predicted molar refractivity (Wildman–Crippen MR) is 140 cm³/mol. The number of aromatic nitrogens is 8. The fourth-order valence-electron chi connectivity index (χ4n) is 5.51. The van der Waals surface area contributed by atoms with Crippen LogP contribution in [0.4, 0.5) is 0 Å². The minimum Gasteiger partial charge on any atom is -0.364 e. The van der Waals surface area contributed by atoms with Gasteiger partial charge in [-0.1, -0.05) is 60.7 Å². The second kappa shape index (κ2) is 10.4. The van der Waals surface area contributed by atoms with E-state index in [1.165, 1.54) is 34.5 Å². The molecule has 5 aromatic rings. The number of benzene rings is 2. The first kappa shape index (κ1) is 23.8. The molecule has 10 nitrogen and oxygen atoms in total. The molecule has 0 atom stereocenters. The lowest BCUT2D eigenvalue weighted by molar-refractivity contribution is -0.747. The van der Waals surface area contributed by atoms with Crippen molar-refractivity contribution in [2.24, 2.45) is 5.73 Å². The van der Waals surface area contributed by atoms with Crippen molar-refractivity contribution in [1.82, 2.24) is 35.5 Å². The van der Waals surface area contributed by atoms with Gasteiger partial charge in [0.1, 0.15) is 0 Å². The number of tetrazole rings is 1. The number of H-pyrrole nitrogens is 2. The second-order valence-corrected chi connectivity index (χ2v) is 9.71. The molecule has 0 saturated heterocycles. The summed E-state index contributed by atoms with van der Waals surface area (Å²) in [5.74, 6) is 0.231. The Morgan fingerprint density at radius 2 is 1.63 bits per heavy atom. The van der Waals surface area contributed by atoms with Crippen molar-refractivity contribution in [3.63, 3.8) is 0 Å². The summed E-state index contributed by atoms with van der Waals surface area (Å²) in [6.45, 7) is 1.55. The summed E-state index contributed by atoms with van der Waals surface area (Å²) in [5, 5.41) is 22.2. The van der Waals surface area contributed by atoms with Gasteiger partial charge in [0.2, 0.25) is 11.5 Å². The van der Waals surface area contributed by atoms with Crippen LogP contribution in [0.1, 0.15) is 57.0 Å². The zero-order valence-corrected chi connectivity index (χ0v) is 21.1. The third kappa shape index (κ3) is 4.72. The van der Waals surface area contributed by atoms with E-state index in [4.69, 9.17) is 5.73 Å². The summed E-state index contributed by atoms with van der Waals surface area (Å²) in [7, 11) is 0. The van der Waals surface area contributed by atoms with Gasteiger partial charge >= 0.3 is 0 Å². The third-order valence-electron chi connectivity index (χ3n) is 7.23. The van der Waals surface area contributed by atoms with E-state index in [9.17, 15) is 4.79 Å². The van der Waals surface area contributed by atoms with E-state index in [1.807, 2.05) is 28.9 Å². The summed E-state index contributed by atoms with van der Waals surface area (Å²) >= 11 is 0. The van der Waals surface area contributed by atoms with Crippen molar-refractivity contribution in [2.75, 3.05) is 0 Å². The van der Waals surface area contributed by atoms with Gasteiger partial charge in [-0.15, -0.1) is 14.9 Å². The van der Waals surface area contributed by atoms with E-state index >= 15 is 0 Å². The Balaban J connectivity index is 0.000000140. The molecule has 0 saturated carbocycles. The van der Waals surface area contributed by atoms with Gasteiger partial charge < -0.3 is 5.73 Å². The molecule has 3 heterocycles. The number of nitrogens with one attached hydrogen (secondary N) is 2. The Bertz CT molecular complexity index is 1540. The van der Waals surface area contributed by atoms with Crippen molar-refractivity contribution in [1.29, 1.82) is 0 Å². The summed E-state index contributed by atoms with van der Waals surface area (Å²) in [6.07, 6.45) is 6.38. The van der Waals surface area contributed by atoms with Crippen LogP contribution in [0, 0.1) is 0 Å². The van der Waals surface area contributed by atoms with Crippen LogP contribution >= 0.6 is 0 Å². The Labute approximate surface area is 219 Å². The van der Waals surface area contributed by atoms with Crippen molar-refractivity contribution in [3.8, 4) is 11.5 Å². The van der Waals surface area contributed by atoms with E-state index in [1.54, 1.807) is 0 Å². The molecule has 2 aliphatic rings. The van der Waals surface area contributed by atoms with Gasteiger partial charge in [0.15, 0.2) is 17.9 Å². The molecule has 7 rings (SSSR count). The monoisotopic (exact) mass is 508 g/mol. The molecule has 0 bridgehead atoms. The van der Waals surface area contributed by atoms with Crippen LogP contribution in [0.3, 0.4) is 0 Å². The number of aromatic amines is 2. The molecule has 192 valence electrons. The van der Waals surface area contributed by atoms with Crippen LogP contribution in [-0.4, -0.2) is 41.4 Å². The highest BCUT2D eigenvalue weighted by Crippen LogP contribution is 2.27. The van der Waals surface area contributed by atoms with Crippen LogP contribution in [0.25, 0.3) is 11.5 Å². The molecule has 0 unspecified atom stereocenters. The first-order valence-electron chi connectivity index (χ1n) is 13.0. The van der Waals surface area contributed by atoms with Gasteiger partial charge in [-0.25, -0.2) is 0 Å². The number of hydrogen-bond donors (Lipinski definition) is 3. The number of primary amides is 1. The molecule has 0 fully saturated rings. The van der Waals surface area contributed by atoms with Crippen LogP contribution in [0.15, 0.2) is 60.7 Å².